The Morgan fingerprint density at radius 1 is 1.19 bits per heavy atom. The molecule has 0 aliphatic carbocycles. The van der Waals surface area contributed by atoms with Crippen molar-refractivity contribution < 1.29 is 9.32 Å². The van der Waals surface area contributed by atoms with E-state index in [0.29, 0.717) is 47.8 Å². The summed E-state index contributed by atoms with van der Waals surface area (Å²) >= 11 is 0. The van der Waals surface area contributed by atoms with Gasteiger partial charge in [0.25, 0.3) is 5.56 Å². The average Bonchev–Trinajstić information content (AvgIpc) is 3.30. The first-order valence-corrected chi connectivity index (χ1v) is 10.5. The van der Waals surface area contributed by atoms with Gasteiger partial charge >= 0.3 is 0 Å². The van der Waals surface area contributed by atoms with Gasteiger partial charge in [-0.1, -0.05) is 17.3 Å². The van der Waals surface area contributed by atoms with Gasteiger partial charge in [-0.2, -0.15) is 4.98 Å². The zero-order chi connectivity index (χ0) is 21.9. The van der Waals surface area contributed by atoms with Crippen molar-refractivity contribution >= 4 is 16.8 Å². The molecule has 32 heavy (non-hydrogen) atoms. The Labute approximate surface area is 182 Å². The molecule has 3 aromatic heterocycles. The van der Waals surface area contributed by atoms with Crippen LogP contribution in [0.3, 0.4) is 0 Å². The molecule has 1 aliphatic heterocycles. The number of hydrogen-bond acceptors (Lipinski definition) is 8. The van der Waals surface area contributed by atoms with Crippen LogP contribution < -0.4 is 5.56 Å². The zero-order valence-corrected chi connectivity index (χ0v) is 17.3. The summed E-state index contributed by atoms with van der Waals surface area (Å²) in [6.07, 6.45) is 8.60. The number of carbonyl (C=O) groups excluding carboxylic acids is 1. The van der Waals surface area contributed by atoms with E-state index in [1.165, 1.54) is 10.9 Å². The predicted molar refractivity (Wildman–Crippen MR) is 114 cm³/mol. The predicted octanol–water partition coefficient (Wildman–Crippen LogP) is 1.72. The fourth-order valence-electron chi connectivity index (χ4n) is 4.03. The van der Waals surface area contributed by atoms with E-state index >= 15 is 0 Å². The van der Waals surface area contributed by atoms with Gasteiger partial charge in [0.05, 0.1) is 23.4 Å². The van der Waals surface area contributed by atoms with Gasteiger partial charge in [-0.15, -0.1) is 0 Å². The SMILES string of the molecule is O=C(Cn1cnc2ccccc2c1=O)N1CCCC(Cc2nc(-c3cnccn3)no2)C1. The number of aromatic nitrogens is 6. The maximum Gasteiger partial charge on any atom is 0.261 e. The maximum atomic E-state index is 12.9. The number of para-hydroxylation sites is 1. The number of piperidine rings is 1. The third-order valence-electron chi connectivity index (χ3n) is 5.63. The molecule has 1 fully saturated rings. The largest absolute Gasteiger partial charge is 0.341 e. The lowest BCUT2D eigenvalue weighted by Crippen LogP contribution is -2.43. The number of nitrogens with zero attached hydrogens (tertiary/aromatic N) is 7. The van der Waals surface area contributed by atoms with Crippen LogP contribution in [0.25, 0.3) is 22.4 Å². The van der Waals surface area contributed by atoms with Crippen molar-refractivity contribution in [3.05, 3.63) is 65.4 Å². The van der Waals surface area contributed by atoms with Gasteiger partial charge in [-0.05, 0) is 30.9 Å². The minimum atomic E-state index is -0.208. The van der Waals surface area contributed by atoms with E-state index < -0.39 is 0 Å². The van der Waals surface area contributed by atoms with Crippen LogP contribution in [0.4, 0.5) is 0 Å². The van der Waals surface area contributed by atoms with Crippen molar-refractivity contribution in [2.24, 2.45) is 5.92 Å². The average molecular weight is 431 g/mol. The van der Waals surface area contributed by atoms with Crippen LogP contribution in [0, 0.1) is 5.92 Å². The molecule has 0 radical (unpaired) electrons. The van der Waals surface area contributed by atoms with Gasteiger partial charge in [-0.25, -0.2) is 9.97 Å². The summed E-state index contributed by atoms with van der Waals surface area (Å²) in [7, 11) is 0. The molecule has 0 bridgehead atoms. The summed E-state index contributed by atoms with van der Waals surface area (Å²) in [5.74, 6) is 1.02. The van der Waals surface area contributed by atoms with Gasteiger partial charge in [0, 0.05) is 31.9 Å². The Kier molecular flexibility index (Phi) is 5.40. The molecule has 10 nitrogen and oxygen atoms in total. The molecule has 1 atom stereocenters. The van der Waals surface area contributed by atoms with E-state index in [1.54, 1.807) is 41.7 Å². The summed E-state index contributed by atoms with van der Waals surface area (Å²) in [6, 6.07) is 7.13. The van der Waals surface area contributed by atoms with Gasteiger partial charge in [-0.3, -0.25) is 19.1 Å². The van der Waals surface area contributed by atoms with E-state index in [2.05, 4.69) is 25.1 Å². The zero-order valence-electron chi connectivity index (χ0n) is 17.3. The highest BCUT2D eigenvalue weighted by Crippen LogP contribution is 2.22. The molecule has 1 aliphatic rings. The van der Waals surface area contributed by atoms with E-state index in [1.807, 2.05) is 6.07 Å². The summed E-state index contributed by atoms with van der Waals surface area (Å²) < 4.78 is 6.76. The third-order valence-corrected chi connectivity index (χ3v) is 5.63. The van der Waals surface area contributed by atoms with E-state index in [0.717, 1.165) is 12.8 Å². The highest BCUT2D eigenvalue weighted by atomic mass is 16.5. The second kappa shape index (κ2) is 8.66. The summed E-state index contributed by atoms with van der Waals surface area (Å²) in [5.41, 5.74) is 0.969. The van der Waals surface area contributed by atoms with Crippen LogP contribution in [0.5, 0.6) is 0 Å². The molecule has 4 aromatic rings. The molecule has 0 spiro atoms. The number of benzene rings is 1. The van der Waals surface area contributed by atoms with Crippen LogP contribution in [0.2, 0.25) is 0 Å². The van der Waals surface area contributed by atoms with Gasteiger partial charge in [0.15, 0.2) is 0 Å². The quantitative estimate of drug-likeness (QED) is 0.468. The van der Waals surface area contributed by atoms with Crippen molar-refractivity contribution in [3.63, 3.8) is 0 Å². The van der Waals surface area contributed by atoms with Gasteiger partial charge in [0.1, 0.15) is 12.2 Å². The van der Waals surface area contributed by atoms with Gasteiger partial charge in [0.2, 0.25) is 17.6 Å². The first kappa shape index (κ1) is 20.0. The maximum absolute atomic E-state index is 12.9. The summed E-state index contributed by atoms with van der Waals surface area (Å²) in [4.78, 5) is 44.3. The number of carbonyl (C=O) groups is 1. The number of rotatable bonds is 5. The second-order valence-electron chi connectivity index (χ2n) is 7.85. The minimum Gasteiger partial charge on any atom is -0.341 e. The molecule has 4 heterocycles. The molecule has 1 saturated heterocycles. The van der Waals surface area contributed by atoms with Crippen molar-refractivity contribution in [1.82, 2.24) is 34.6 Å². The van der Waals surface area contributed by atoms with Crippen LogP contribution in [-0.4, -0.2) is 53.6 Å². The van der Waals surface area contributed by atoms with Crippen LogP contribution >= 0.6 is 0 Å². The first-order valence-electron chi connectivity index (χ1n) is 10.5. The molecule has 1 aromatic carbocycles. The fourth-order valence-corrected chi connectivity index (χ4v) is 4.03. The Bertz CT molecular complexity index is 1300. The van der Waals surface area contributed by atoms with E-state index in [9.17, 15) is 9.59 Å². The number of hydrogen-bond donors (Lipinski definition) is 0. The normalized spacial score (nSPS) is 16.4. The third kappa shape index (κ3) is 4.11. The lowest BCUT2D eigenvalue weighted by atomic mass is 9.94. The number of fused-ring (bicyclic) bond motifs is 1. The van der Waals surface area contributed by atoms with Crippen LogP contribution in [0.15, 0.2) is 58.5 Å². The van der Waals surface area contributed by atoms with E-state index in [-0.39, 0.29) is 23.9 Å². The van der Waals surface area contributed by atoms with Crippen molar-refractivity contribution in [2.75, 3.05) is 13.1 Å². The lowest BCUT2D eigenvalue weighted by Gasteiger charge is -2.32. The minimum absolute atomic E-state index is 0.0270. The van der Waals surface area contributed by atoms with Crippen LogP contribution in [-0.2, 0) is 17.8 Å². The summed E-state index contributed by atoms with van der Waals surface area (Å²) in [5, 5.41) is 4.49. The second-order valence-corrected chi connectivity index (χ2v) is 7.85. The number of amides is 1. The molecule has 1 amide bonds. The molecule has 5 rings (SSSR count). The lowest BCUT2D eigenvalue weighted by molar-refractivity contribution is -0.133. The Morgan fingerprint density at radius 2 is 2.09 bits per heavy atom. The first-order chi connectivity index (χ1) is 15.7. The number of likely N-dealkylation sites (tertiary alicyclic amines) is 1. The van der Waals surface area contributed by atoms with Crippen LogP contribution in [0.1, 0.15) is 18.7 Å². The summed E-state index contributed by atoms with van der Waals surface area (Å²) in [6.45, 7) is 1.22. The standard InChI is InChI=1S/C22H21N7O3/c30-20(13-29-14-25-17-6-2-1-5-16(17)22(29)31)28-9-3-4-15(12-28)10-19-26-21(27-32-19)18-11-23-7-8-24-18/h1-2,5-8,11,14-15H,3-4,9-10,12-13H2. The molecular weight excluding hydrogens is 410 g/mol. The Hall–Kier alpha value is -3.95. The Balaban J connectivity index is 1.24. The molecular formula is C22H21N7O3. The molecule has 162 valence electrons. The molecule has 0 saturated carbocycles. The highest BCUT2D eigenvalue weighted by Gasteiger charge is 2.26. The van der Waals surface area contributed by atoms with Crippen molar-refractivity contribution in [3.8, 4) is 11.5 Å². The highest BCUT2D eigenvalue weighted by molar-refractivity contribution is 5.79. The Morgan fingerprint density at radius 3 is 2.97 bits per heavy atom. The van der Waals surface area contributed by atoms with Crippen molar-refractivity contribution in [1.29, 1.82) is 0 Å². The monoisotopic (exact) mass is 431 g/mol. The topological polar surface area (TPSA) is 120 Å². The molecule has 0 N–H and O–H groups in total. The van der Waals surface area contributed by atoms with E-state index in [4.69, 9.17) is 4.52 Å². The van der Waals surface area contributed by atoms with Gasteiger partial charge < -0.3 is 9.42 Å². The fraction of sp³-hybridized carbons (Fsp3) is 0.318. The smallest absolute Gasteiger partial charge is 0.261 e. The van der Waals surface area contributed by atoms with Crippen molar-refractivity contribution in [2.45, 2.75) is 25.8 Å². The molecule has 10 heteroatoms. The molecule has 1 unspecified atom stereocenters.